The molecule has 0 radical (unpaired) electrons. The van der Waals surface area contributed by atoms with Crippen molar-refractivity contribution in [3.05, 3.63) is 58.0 Å². The van der Waals surface area contributed by atoms with Crippen molar-refractivity contribution in [1.82, 2.24) is 19.4 Å². The van der Waals surface area contributed by atoms with Crippen LogP contribution in [0.4, 0.5) is 5.82 Å². The Kier molecular flexibility index (Phi) is 7.55. The zero-order valence-corrected chi connectivity index (χ0v) is 20.5. The lowest BCUT2D eigenvalue weighted by molar-refractivity contribution is -0.128. The van der Waals surface area contributed by atoms with Gasteiger partial charge in [-0.3, -0.25) is 14.2 Å². The summed E-state index contributed by atoms with van der Waals surface area (Å²) in [5, 5.41) is 1.65. The van der Waals surface area contributed by atoms with Gasteiger partial charge in [0.25, 0.3) is 5.56 Å². The number of benzene rings is 1. The smallest absolute Gasteiger partial charge is 0.262 e. The van der Waals surface area contributed by atoms with Crippen molar-refractivity contribution in [1.29, 1.82) is 0 Å². The number of piperazine rings is 1. The molecule has 1 aromatic carbocycles. The van der Waals surface area contributed by atoms with Crippen molar-refractivity contribution in [2.75, 3.05) is 36.8 Å². The normalized spacial score (nSPS) is 14.3. The molecule has 0 spiro atoms. The molecular weight excluding hydrogens is 458 g/mol. The van der Waals surface area contributed by atoms with E-state index in [-0.39, 0.29) is 17.2 Å². The van der Waals surface area contributed by atoms with E-state index in [1.807, 2.05) is 23.1 Å². The van der Waals surface area contributed by atoms with E-state index in [1.54, 1.807) is 29.0 Å². The fourth-order valence-electron chi connectivity index (χ4n) is 3.81. The van der Waals surface area contributed by atoms with Gasteiger partial charge >= 0.3 is 0 Å². The molecule has 2 aromatic heterocycles. The number of hydrogen-bond donors (Lipinski definition) is 0. The number of amides is 1. The van der Waals surface area contributed by atoms with Crippen LogP contribution in [0, 0.1) is 5.92 Å². The minimum absolute atomic E-state index is 0.0523. The molecule has 174 valence electrons. The molecule has 0 bridgehead atoms. The molecular formula is C24H28ClN5O2S. The molecule has 1 amide bonds. The summed E-state index contributed by atoms with van der Waals surface area (Å²) in [6.07, 6.45) is 2.64. The minimum atomic E-state index is -0.0868. The van der Waals surface area contributed by atoms with Crippen LogP contribution in [0.1, 0.15) is 20.3 Å². The fraction of sp³-hybridized carbons (Fsp3) is 0.417. The number of carbonyl (C=O) groups excluding carboxylic acids is 1. The standard InChI is InChI=1S/C24H28ClN5O2S/c1-17(2)8-10-30-23(32)19-7-6-18(25)15-20(19)27-24(30)33-16-22(31)29-13-11-28(12-14-29)21-5-3-4-9-26-21/h3-7,9,15,17H,8,10-14,16H2,1-2H3. The van der Waals surface area contributed by atoms with E-state index >= 15 is 0 Å². The number of nitrogens with zero attached hydrogens (tertiary/aromatic N) is 5. The lowest BCUT2D eigenvalue weighted by Gasteiger charge is -2.35. The van der Waals surface area contributed by atoms with E-state index in [1.165, 1.54) is 11.8 Å². The van der Waals surface area contributed by atoms with Gasteiger partial charge in [-0.05, 0) is 42.7 Å². The zero-order valence-electron chi connectivity index (χ0n) is 18.9. The second-order valence-corrected chi connectivity index (χ2v) is 9.92. The Morgan fingerprint density at radius 3 is 2.64 bits per heavy atom. The second-order valence-electron chi connectivity index (χ2n) is 8.54. The number of carbonyl (C=O) groups is 1. The van der Waals surface area contributed by atoms with Gasteiger partial charge < -0.3 is 9.80 Å². The van der Waals surface area contributed by atoms with Crippen molar-refractivity contribution < 1.29 is 4.79 Å². The number of aromatic nitrogens is 3. The topological polar surface area (TPSA) is 71.3 Å². The largest absolute Gasteiger partial charge is 0.353 e. The molecule has 7 nitrogen and oxygen atoms in total. The van der Waals surface area contributed by atoms with Crippen molar-refractivity contribution in [2.45, 2.75) is 32.0 Å². The number of anilines is 1. The van der Waals surface area contributed by atoms with Crippen molar-refractivity contribution in [3.8, 4) is 0 Å². The van der Waals surface area contributed by atoms with Crippen LogP contribution in [0.2, 0.25) is 5.02 Å². The van der Waals surface area contributed by atoms with Crippen LogP contribution in [0.15, 0.2) is 52.5 Å². The Morgan fingerprint density at radius 1 is 1.15 bits per heavy atom. The lowest BCUT2D eigenvalue weighted by atomic mass is 10.1. The monoisotopic (exact) mass is 485 g/mol. The summed E-state index contributed by atoms with van der Waals surface area (Å²) >= 11 is 7.45. The number of thioether (sulfide) groups is 1. The summed E-state index contributed by atoms with van der Waals surface area (Å²) in [6.45, 7) is 7.62. The van der Waals surface area contributed by atoms with Gasteiger partial charge in [-0.15, -0.1) is 0 Å². The van der Waals surface area contributed by atoms with E-state index in [2.05, 4.69) is 23.7 Å². The molecule has 33 heavy (non-hydrogen) atoms. The third kappa shape index (κ3) is 5.68. The van der Waals surface area contributed by atoms with Crippen molar-refractivity contribution in [2.24, 2.45) is 5.92 Å². The molecule has 3 aromatic rings. The Morgan fingerprint density at radius 2 is 1.94 bits per heavy atom. The Balaban J connectivity index is 1.46. The van der Waals surface area contributed by atoms with E-state index in [9.17, 15) is 9.59 Å². The maximum absolute atomic E-state index is 13.2. The average Bonchev–Trinajstić information content (AvgIpc) is 2.82. The summed E-state index contributed by atoms with van der Waals surface area (Å²) in [6, 6.07) is 11.0. The quantitative estimate of drug-likeness (QED) is 0.373. The van der Waals surface area contributed by atoms with Crippen LogP contribution in [0.25, 0.3) is 10.9 Å². The molecule has 1 fully saturated rings. The molecule has 0 atom stereocenters. The van der Waals surface area contributed by atoms with Gasteiger partial charge in [0.2, 0.25) is 5.91 Å². The number of hydrogen-bond acceptors (Lipinski definition) is 6. The molecule has 1 aliphatic heterocycles. The molecule has 1 saturated heterocycles. The molecule has 0 aliphatic carbocycles. The lowest BCUT2D eigenvalue weighted by Crippen LogP contribution is -2.49. The molecule has 4 rings (SSSR count). The summed E-state index contributed by atoms with van der Waals surface area (Å²) in [7, 11) is 0. The highest BCUT2D eigenvalue weighted by Gasteiger charge is 2.23. The van der Waals surface area contributed by atoms with Gasteiger partial charge in [-0.2, -0.15) is 0 Å². The molecule has 0 unspecified atom stereocenters. The SMILES string of the molecule is CC(C)CCn1c(SCC(=O)N2CCN(c3ccccn3)CC2)nc2cc(Cl)ccc2c1=O. The maximum Gasteiger partial charge on any atom is 0.262 e. The third-order valence-corrected chi connectivity index (χ3v) is 6.94. The van der Waals surface area contributed by atoms with Gasteiger partial charge in [-0.25, -0.2) is 9.97 Å². The number of pyridine rings is 1. The second kappa shape index (κ2) is 10.6. The third-order valence-electron chi connectivity index (χ3n) is 5.74. The van der Waals surface area contributed by atoms with Crippen LogP contribution in [0.3, 0.4) is 0 Å². The molecule has 0 saturated carbocycles. The Hall–Kier alpha value is -2.58. The fourth-order valence-corrected chi connectivity index (χ4v) is 4.91. The van der Waals surface area contributed by atoms with Gasteiger partial charge in [-0.1, -0.05) is 43.3 Å². The summed E-state index contributed by atoms with van der Waals surface area (Å²) in [5.41, 5.74) is 0.475. The molecule has 0 N–H and O–H groups in total. The predicted octanol–water partition coefficient (Wildman–Crippen LogP) is 3.93. The van der Waals surface area contributed by atoms with Crippen LogP contribution in [-0.4, -0.2) is 57.3 Å². The van der Waals surface area contributed by atoms with Gasteiger partial charge in [0.1, 0.15) is 5.82 Å². The van der Waals surface area contributed by atoms with E-state index in [0.29, 0.717) is 46.6 Å². The van der Waals surface area contributed by atoms with Gasteiger partial charge in [0.05, 0.1) is 16.7 Å². The molecule has 1 aliphatic rings. The first-order valence-corrected chi connectivity index (χ1v) is 12.6. The van der Waals surface area contributed by atoms with Crippen LogP contribution >= 0.6 is 23.4 Å². The van der Waals surface area contributed by atoms with E-state index in [0.717, 1.165) is 25.3 Å². The highest BCUT2D eigenvalue weighted by atomic mass is 35.5. The first-order valence-electron chi connectivity index (χ1n) is 11.2. The summed E-state index contributed by atoms with van der Waals surface area (Å²) < 4.78 is 1.70. The average molecular weight is 486 g/mol. The van der Waals surface area contributed by atoms with Crippen LogP contribution in [0.5, 0.6) is 0 Å². The number of fused-ring (bicyclic) bond motifs is 1. The summed E-state index contributed by atoms with van der Waals surface area (Å²) in [5.74, 6) is 1.68. The minimum Gasteiger partial charge on any atom is -0.353 e. The van der Waals surface area contributed by atoms with Crippen LogP contribution < -0.4 is 10.5 Å². The summed E-state index contributed by atoms with van der Waals surface area (Å²) in [4.78, 5) is 39.2. The maximum atomic E-state index is 13.2. The van der Waals surface area contributed by atoms with Gasteiger partial charge in [0, 0.05) is 43.9 Å². The zero-order chi connectivity index (χ0) is 23.4. The molecule has 9 heteroatoms. The van der Waals surface area contributed by atoms with Crippen molar-refractivity contribution in [3.63, 3.8) is 0 Å². The first kappa shape index (κ1) is 23.6. The highest BCUT2D eigenvalue weighted by Crippen LogP contribution is 2.22. The van der Waals surface area contributed by atoms with E-state index in [4.69, 9.17) is 16.6 Å². The number of rotatable bonds is 7. The first-order chi connectivity index (χ1) is 15.9. The number of halogens is 1. The predicted molar refractivity (Wildman–Crippen MR) is 134 cm³/mol. The highest BCUT2D eigenvalue weighted by molar-refractivity contribution is 7.99. The molecule has 3 heterocycles. The van der Waals surface area contributed by atoms with Crippen LogP contribution in [-0.2, 0) is 11.3 Å². The van der Waals surface area contributed by atoms with Gasteiger partial charge in [0.15, 0.2) is 5.16 Å². The van der Waals surface area contributed by atoms with Crippen molar-refractivity contribution >= 4 is 46.0 Å². The van der Waals surface area contributed by atoms with E-state index < -0.39 is 0 Å². The Labute approximate surface area is 202 Å². The Bertz CT molecular complexity index is 1180.